The molecule has 0 saturated heterocycles. The summed E-state index contributed by atoms with van der Waals surface area (Å²) in [7, 11) is 0. The Labute approximate surface area is 139 Å². The number of aromatic nitrogens is 4. The first kappa shape index (κ1) is 15.7. The standard InChI is InChI=1S/C16H18ClN5O/c1-11-9-19-22(10-11)7-6-18-12(2)15-20-21-16(23-15)13-4-3-5-14(17)8-13/h3-5,8-10,12,18H,6-7H2,1-2H3/t12-/m1/s1. The average molecular weight is 332 g/mol. The first-order valence-corrected chi connectivity index (χ1v) is 7.81. The van der Waals surface area contributed by atoms with Gasteiger partial charge in [-0.2, -0.15) is 5.10 Å². The Balaban J connectivity index is 1.58. The fraction of sp³-hybridized carbons (Fsp3) is 0.312. The van der Waals surface area contributed by atoms with Crippen LogP contribution in [0, 0.1) is 6.92 Å². The molecule has 7 heteroatoms. The van der Waals surface area contributed by atoms with Crippen LogP contribution in [0.1, 0.15) is 24.4 Å². The van der Waals surface area contributed by atoms with Gasteiger partial charge in [-0.3, -0.25) is 4.68 Å². The van der Waals surface area contributed by atoms with Crippen molar-refractivity contribution in [3.8, 4) is 11.5 Å². The number of aryl methyl sites for hydroxylation is 1. The predicted molar refractivity (Wildman–Crippen MR) is 88.1 cm³/mol. The van der Waals surface area contributed by atoms with E-state index in [2.05, 4.69) is 20.6 Å². The molecule has 0 saturated carbocycles. The van der Waals surface area contributed by atoms with Gasteiger partial charge in [-0.25, -0.2) is 0 Å². The minimum atomic E-state index is -0.0351. The second-order valence-corrected chi connectivity index (χ2v) is 5.85. The van der Waals surface area contributed by atoms with Gasteiger partial charge in [0.15, 0.2) is 0 Å². The van der Waals surface area contributed by atoms with Crippen LogP contribution in [-0.2, 0) is 6.54 Å². The molecule has 0 fully saturated rings. The Kier molecular flexibility index (Phi) is 4.73. The van der Waals surface area contributed by atoms with E-state index in [4.69, 9.17) is 16.0 Å². The molecule has 0 radical (unpaired) electrons. The summed E-state index contributed by atoms with van der Waals surface area (Å²) in [6, 6.07) is 7.32. The molecule has 0 bridgehead atoms. The molecule has 120 valence electrons. The molecular weight excluding hydrogens is 314 g/mol. The van der Waals surface area contributed by atoms with Gasteiger partial charge in [0, 0.05) is 23.3 Å². The third-order valence-electron chi connectivity index (χ3n) is 3.44. The molecule has 3 rings (SSSR count). The van der Waals surface area contributed by atoms with E-state index >= 15 is 0 Å². The minimum absolute atomic E-state index is 0.0351. The molecule has 0 aliphatic heterocycles. The first-order chi connectivity index (χ1) is 11.1. The van der Waals surface area contributed by atoms with E-state index in [1.165, 1.54) is 0 Å². The minimum Gasteiger partial charge on any atom is -0.419 e. The molecule has 0 aliphatic carbocycles. The molecule has 23 heavy (non-hydrogen) atoms. The van der Waals surface area contributed by atoms with Crippen LogP contribution in [0.25, 0.3) is 11.5 Å². The van der Waals surface area contributed by atoms with Gasteiger partial charge in [0.25, 0.3) is 0 Å². The SMILES string of the molecule is Cc1cnn(CCN[C@H](C)c2nnc(-c3cccc(Cl)c3)o2)c1. The topological polar surface area (TPSA) is 68.8 Å². The van der Waals surface area contributed by atoms with Crippen LogP contribution in [0.2, 0.25) is 5.02 Å². The van der Waals surface area contributed by atoms with Crippen LogP contribution in [0.5, 0.6) is 0 Å². The lowest BCUT2D eigenvalue weighted by Gasteiger charge is -2.09. The maximum Gasteiger partial charge on any atom is 0.247 e. The highest BCUT2D eigenvalue weighted by atomic mass is 35.5. The number of nitrogens with one attached hydrogen (secondary N) is 1. The third kappa shape index (κ3) is 3.97. The Morgan fingerprint density at radius 3 is 2.96 bits per heavy atom. The summed E-state index contributed by atoms with van der Waals surface area (Å²) in [6.45, 7) is 5.56. The van der Waals surface area contributed by atoms with E-state index in [0.29, 0.717) is 16.8 Å². The van der Waals surface area contributed by atoms with Gasteiger partial charge < -0.3 is 9.73 Å². The van der Waals surface area contributed by atoms with Gasteiger partial charge in [0.2, 0.25) is 11.8 Å². The van der Waals surface area contributed by atoms with Crippen LogP contribution >= 0.6 is 11.6 Å². The number of hydrogen-bond acceptors (Lipinski definition) is 5. The quantitative estimate of drug-likeness (QED) is 0.751. The van der Waals surface area contributed by atoms with Gasteiger partial charge in [0.05, 0.1) is 18.8 Å². The van der Waals surface area contributed by atoms with Gasteiger partial charge in [-0.1, -0.05) is 17.7 Å². The van der Waals surface area contributed by atoms with Gasteiger partial charge in [-0.15, -0.1) is 10.2 Å². The average Bonchev–Trinajstić information content (AvgIpc) is 3.16. The highest BCUT2D eigenvalue weighted by Crippen LogP contribution is 2.23. The molecule has 0 aliphatic rings. The van der Waals surface area contributed by atoms with Crippen LogP contribution in [0.3, 0.4) is 0 Å². The third-order valence-corrected chi connectivity index (χ3v) is 3.67. The molecule has 6 nitrogen and oxygen atoms in total. The van der Waals surface area contributed by atoms with E-state index < -0.39 is 0 Å². The van der Waals surface area contributed by atoms with Crippen LogP contribution in [-0.4, -0.2) is 26.5 Å². The second kappa shape index (κ2) is 6.93. The van der Waals surface area contributed by atoms with Crippen molar-refractivity contribution in [3.05, 3.63) is 53.1 Å². The van der Waals surface area contributed by atoms with Crippen molar-refractivity contribution in [2.75, 3.05) is 6.54 Å². The van der Waals surface area contributed by atoms with Crippen LogP contribution < -0.4 is 5.32 Å². The van der Waals surface area contributed by atoms with Crippen molar-refractivity contribution in [2.24, 2.45) is 0 Å². The molecule has 0 spiro atoms. The van der Waals surface area contributed by atoms with Gasteiger partial charge in [-0.05, 0) is 37.6 Å². The zero-order chi connectivity index (χ0) is 16.2. The van der Waals surface area contributed by atoms with E-state index in [9.17, 15) is 0 Å². The summed E-state index contributed by atoms with van der Waals surface area (Å²) in [5, 5.41) is 16.4. The summed E-state index contributed by atoms with van der Waals surface area (Å²) in [5.74, 6) is 1.02. The summed E-state index contributed by atoms with van der Waals surface area (Å²) in [6.07, 6.45) is 3.86. The fourth-order valence-electron chi connectivity index (χ4n) is 2.22. The van der Waals surface area contributed by atoms with E-state index in [-0.39, 0.29) is 6.04 Å². The monoisotopic (exact) mass is 331 g/mol. The van der Waals surface area contributed by atoms with Crippen molar-refractivity contribution in [2.45, 2.75) is 26.4 Å². The summed E-state index contributed by atoms with van der Waals surface area (Å²) in [4.78, 5) is 0. The maximum absolute atomic E-state index is 5.98. The number of halogens is 1. The molecule has 1 atom stereocenters. The summed E-state index contributed by atoms with van der Waals surface area (Å²) < 4.78 is 7.63. The molecule has 0 unspecified atom stereocenters. The molecule has 3 aromatic rings. The zero-order valence-electron chi connectivity index (χ0n) is 13.0. The highest BCUT2D eigenvalue weighted by Gasteiger charge is 2.14. The lowest BCUT2D eigenvalue weighted by Crippen LogP contribution is -2.23. The smallest absolute Gasteiger partial charge is 0.247 e. The van der Waals surface area contributed by atoms with Crippen molar-refractivity contribution < 1.29 is 4.42 Å². The number of benzene rings is 1. The highest BCUT2D eigenvalue weighted by molar-refractivity contribution is 6.30. The molecular formula is C16H18ClN5O. The largest absolute Gasteiger partial charge is 0.419 e. The van der Waals surface area contributed by atoms with Crippen molar-refractivity contribution in [3.63, 3.8) is 0 Å². The lowest BCUT2D eigenvalue weighted by atomic mass is 10.2. The predicted octanol–water partition coefficient (Wildman–Crippen LogP) is 3.25. The van der Waals surface area contributed by atoms with Gasteiger partial charge >= 0.3 is 0 Å². The normalized spacial score (nSPS) is 12.5. The molecule has 1 aromatic carbocycles. The lowest BCUT2D eigenvalue weighted by molar-refractivity contribution is 0.411. The van der Waals surface area contributed by atoms with Crippen LogP contribution in [0.4, 0.5) is 0 Å². The number of rotatable bonds is 6. The molecule has 0 amide bonds. The summed E-state index contributed by atoms with van der Waals surface area (Å²) >= 11 is 5.98. The molecule has 2 heterocycles. The Bertz CT molecular complexity index is 782. The molecule has 1 N–H and O–H groups in total. The number of hydrogen-bond donors (Lipinski definition) is 1. The molecule has 2 aromatic heterocycles. The van der Waals surface area contributed by atoms with E-state index in [1.54, 1.807) is 6.07 Å². The van der Waals surface area contributed by atoms with E-state index in [0.717, 1.165) is 24.2 Å². The maximum atomic E-state index is 5.98. The zero-order valence-corrected chi connectivity index (χ0v) is 13.8. The van der Waals surface area contributed by atoms with Crippen LogP contribution in [0.15, 0.2) is 41.1 Å². The summed E-state index contributed by atoms with van der Waals surface area (Å²) in [5.41, 5.74) is 1.97. The Morgan fingerprint density at radius 1 is 1.35 bits per heavy atom. The van der Waals surface area contributed by atoms with E-state index in [1.807, 2.05) is 49.1 Å². The first-order valence-electron chi connectivity index (χ1n) is 7.43. The fourth-order valence-corrected chi connectivity index (χ4v) is 2.41. The number of nitrogens with zero attached hydrogens (tertiary/aromatic N) is 4. The Hall–Kier alpha value is -2.18. The van der Waals surface area contributed by atoms with Crippen molar-refractivity contribution in [1.82, 2.24) is 25.3 Å². The van der Waals surface area contributed by atoms with Crippen molar-refractivity contribution in [1.29, 1.82) is 0 Å². The second-order valence-electron chi connectivity index (χ2n) is 5.41. The van der Waals surface area contributed by atoms with Gasteiger partial charge in [0.1, 0.15) is 0 Å². The van der Waals surface area contributed by atoms with Crippen molar-refractivity contribution >= 4 is 11.6 Å². The Morgan fingerprint density at radius 2 is 2.22 bits per heavy atom.